The molecular weight excluding hydrogens is 300 g/mol. The van der Waals surface area contributed by atoms with E-state index in [1.807, 2.05) is 18.7 Å². The first-order valence-electron chi connectivity index (χ1n) is 7.21. The molecule has 1 aliphatic heterocycles. The minimum atomic E-state index is -0.198. The highest BCUT2D eigenvalue weighted by Crippen LogP contribution is 2.22. The van der Waals surface area contributed by atoms with Crippen LogP contribution in [-0.4, -0.2) is 45.5 Å². The van der Waals surface area contributed by atoms with Crippen LogP contribution < -0.4 is 0 Å². The number of aryl methyl sites for hydroxylation is 2. The van der Waals surface area contributed by atoms with Gasteiger partial charge in [-0.25, -0.2) is 4.98 Å². The Hall–Kier alpha value is -1.86. The summed E-state index contributed by atoms with van der Waals surface area (Å²) in [6, 6.07) is 0. The maximum atomic E-state index is 12.5. The Morgan fingerprint density at radius 3 is 3.00 bits per heavy atom. The molecule has 1 unspecified atom stereocenters. The molecule has 0 bridgehead atoms. The molecule has 1 amide bonds. The van der Waals surface area contributed by atoms with E-state index >= 15 is 0 Å². The van der Waals surface area contributed by atoms with Crippen molar-refractivity contribution in [2.45, 2.75) is 26.4 Å². The van der Waals surface area contributed by atoms with Gasteiger partial charge >= 0.3 is 0 Å². The molecule has 2 aromatic heterocycles. The molecule has 0 spiro atoms. The molecule has 6 nitrogen and oxygen atoms in total. The van der Waals surface area contributed by atoms with E-state index in [1.165, 1.54) is 0 Å². The van der Waals surface area contributed by atoms with Crippen molar-refractivity contribution in [2.75, 3.05) is 19.7 Å². The number of ether oxygens (including phenoxy) is 1. The van der Waals surface area contributed by atoms with Gasteiger partial charge < -0.3 is 9.64 Å². The van der Waals surface area contributed by atoms with E-state index in [4.69, 9.17) is 4.74 Å². The second-order valence-corrected chi connectivity index (χ2v) is 6.54. The average Bonchev–Trinajstić information content (AvgIpc) is 2.86. The minimum absolute atomic E-state index is 0.115. The van der Waals surface area contributed by atoms with Crippen LogP contribution in [0, 0.1) is 13.8 Å². The Kier molecular flexibility index (Phi) is 4.44. The summed E-state index contributed by atoms with van der Waals surface area (Å²) in [6.07, 6.45) is 5.17. The zero-order chi connectivity index (χ0) is 15.5. The second kappa shape index (κ2) is 6.50. The standard InChI is InChI=1S/C15H18N4O2S/c1-10-14(22-11(2)18-10)7-15(20)19-5-6-21-13(9-19)12-8-16-3-4-17-12/h3-4,8,13H,5-7,9H2,1-2H3. The Morgan fingerprint density at radius 2 is 2.32 bits per heavy atom. The monoisotopic (exact) mass is 318 g/mol. The molecule has 1 fully saturated rings. The van der Waals surface area contributed by atoms with Gasteiger partial charge in [0.15, 0.2) is 0 Å². The summed E-state index contributed by atoms with van der Waals surface area (Å²) in [5.74, 6) is 0.115. The molecule has 0 saturated carbocycles. The molecule has 1 atom stereocenters. The third-order valence-electron chi connectivity index (χ3n) is 3.64. The van der Waals surface area contributed by atoms with Crippen LogP contribution in [0.5, 0.6) is 0 Å². The lowest BCUT2D eigenvalue weighted by atomic mass is 10.2. The van der Waals surface area contributed by atoms with Crippen molar-refractivity contribution in [1.82, 2.24) is 19.9 Å². The predicted molar refractivity (Wildman–Crippen MR) is 82.6 cm³/mol. The third-order valence-corrected chi connectivity index (χ3v) is 4.72. The Bertz CT molecular complexity index is 659. The SMILES string of the molecule is Cc1nc(C)c(CC(=O)N2CCOC(c3cnccn3)C2)s1. The van der Waals surface area contributed by atoms with Crippen molar-refractivity contribution in [1.29, 1.82) is 0 Å². The van der Waals surface area contributed by atoms with Crippen LogP contribution in [0.3, 0.4) is 0 Å². The Morgan fingerprint density at radius 1 is 1.45 bits per heavy atom. The summed E-state index contributed by atoms with van der Waals surface area (Å²) in [5.41, 5.74) is 1.72. The quantitative estimate of drug-likeness (QED) is 0.861. The normalized spacial score (nSPS) is 18.5. The highest BCUT2D eigenvalue weighted by Gasteiger charge is 2.27. The van der Waals surface area contributed by atoms with Gasteiger partial charge in [0, 0.05) is 23.8 Å². The first-order valence-corrected chi connectivity index (χ1v) is 8.03. The molecule has 3 rings (SSSR count). The highest BCUT2D eigenvalue weighted by atomic mass is 32.1. The van der Waals surface area contributed by atoms with Crippen molar-refractivity contribution in [3.8, 4) is 0 Å². The fourth-order valence-electron chi connectivity index (χ4n) is 2.52. The maximum absolute atomic E-state index is 12.5. The first-order chi connectivity index (χ1) is 10.6. The van der Waals surface area contributed by atoms with Gasteiger partial charge in [0.1, 0.15) is 6.10 Å². The molecular formula is C15H18N4O2S. The Balaban J connectivity index is 1.67. The van der Waals surface area contributed by atoms with Gasteiger partial charge in [-0.15, -0.1) is 11.3 Å². The number of aromatic nitrogens is 3. The van der Waals surface area contributed by atoms with E-state index in [0.29, 0.717) is 26.1 Å². The topological polar surface area (TPSA) is 68.2 Å². The number of hydrogen-bond acceptors (Lipinski definition) is 6. The zero-order valence-electron chi connectivity index (χ0n) is 12.7. The predicted octanol–water partition coefficient (Wildman–Crippen LogP) is 1.69. The maximum Gasteiger partial charge on any atom is 0.228 e. The van der Waals surface area contributed by atoms with E-state index in [0.717, 1.165) is 21.3 Å². The summed E-state index contributed by atoms with van der Waals surface area (Å²) in [7, 11) is 0. The number of rotatable bonds is 3. The number of hydrogen-bond donors (Lipinski definition) is 0. The van der Waals surface area contributed by atoms with Crippen molar-refractivity contribution >= 4 is 17.2 Å². The van der Waals surface area contributed by atoms with Crippen LogP contribution in [-0.2, 0) is 16.0 Å². The van der Waals surface area contributed by atoms with Crippen LogP contribution >= 0.6 is 11.3 Å². The molecule has 0 radical (unpaired) electrons. The number of thiazole rings is 1. The molecule has 1 aliphatic rings. The number of morpholine rings is 1. The second-order valence-electron chi connectivity index (χ2n) is 5.25. The van der Waals surface area contributed by atoms with Crippen molar-refractivity contribution in [3.05, 3.63) is 39.9 Å². The van der Waals surface area contributed by atoms with E-state index in [9.17, 15) is 4.79 Å². The third kappa shape index (κ3) is 3.31. The Labute approximate surface area is 133 Å². The van der Waals surface area contributed by atoms with Gasteiger partial charge in [-0.3, -0.25) is 14.8 Å². The van der Waals surface area contributed by atoms with Gasteiger partial charge in [-0.05, 0) is 13.8 Å². The van der Waals surface area contributed by atoms with Crippen LogP contribution in [0.2, 0.25) is 0 Å². The molecule has 22 heavy (non-hydrogen) atoms. The molecule has 0 aliphatic carbocycles. The van der Waals surface area contributed by atoms with Crippen LogP contribution in [0.1, 0.15) is 27.4 Å². The molecule has 0 N–H and O–H groups in total. The summed E-state index contributed by atoms with van der Waals surface area (Å²) >= 11 is 1.59. The zero-order valence-corrected chi connectivity index (χ0v) is 13.5. The van der Waals surface area contributed by atoms with Gasteiger partial charge in [0.05, 0.1) is 42.2 Å². The summed E-state index contributed by atoms with van der Waals surface area (Å²) in [5, 5.41) is 1.000. The summed E-state index contributed by atoms with van der Waals surface area (Å²) in [6.45, 7) is 5.58. The van der Waals surface area contributed by atoms with Crippen LogP contribution in [0.4, 0.5) is 0 Å². The lowest BCUT2D eigenvalue weighted by Gasteiger charge is -2.32. The van der Waals surface area contributed by atoms with Gasteiger partial charge in [0.2, 0.25) is 5.91 Å². The fourth-order valence-corrected chi connectivity index (χ4v) is 3.45. The van der Waals surface area contributed by atoms with E-state index in [2.05, 4.69) is 15.0 Å². The average molecular weight is 318 g/mol. The lowest BCUT2D eigenvalue weighted by Crippen LogP contribution is -2.43. The van der Waals surface area contributed by atoms with Crippen LogP contribution in [0.25, 0.3) is 0 Å². The van der Waals surface area contributed by atoms with E-state index in [1.54, 1.807) is 29.9 Å². The lowest BCUT2D eigenvalue weighted by molar-refractivity contribution is -0.138. The summed E-state index contributed by atoms with van der Waals surface area (Å²) < 4.78 is 5.72. The van der Waals surface area contributed by atoms with Crippen molar-refractivity contribution < 1.29 is 9.53 Å². The molecule has 1 saturated heterocycles. The molecule has 7 heteroatoms. The van der Waals surface area contributed by atoms with E-state index in [-0.39, 0.29) is 12.0 Å². The number of carbonyl (C=O) groups is 1. The smallest absolute Gasteiger partial charge is 0.228 e. The van der Waals surface area contributed by atoms with Gasteiger partial charge in [-0.2, -0.15) is 0 Å². The van der Waals surface area contributed by atoms with Crippen LogP contribution in [0.15, 0.2) is 18.6 Å². The fraction of sp³-hybridized carbons (Fsp3) is 0.467. The minimum Gasteiger partial charge on any atom is -0.368 e. The van der Waals surface area contributed by atoms with Crippen molar-refractivity contribution in [2.24, 2.45) is 0 Å². The molecule has 2 aromatic rings. The molecule has 3 heterocycles. The highest BCUT2D eigenvalue weighted by molar-refractivity contribution is 7.11. The molecule has 0 aromatic carbocycles. The summed E-state index contributed by atoms with van der Waals surface area (Å²) in [4.78, 5) is 28.1. The number of carbonyl (C=O) groups excluding carboxylic acids is 1. The van der Waals surface area contributed by atoms with Gasteiger partial charge in [0.25, 0.3) is 0 Å². The van der Waals surface area contributed by atoms with E-state index < -0.39 is 0 Å². The molecule has 116 valence electrons. The van der Waals surface area contributed by atoms with Crippen molar-refractivity contribution in [3.63, 3.8) is 0 Å². The number of nitrogens with zero attached hydrogens (tertiary/aromatic N) is 4. The largest absolute Gasteiger partial charge is 0.368 e. The number of amides is 1. The van der Waals surface area contributed by atoms with Gasteiger partial charge in [-0.1, -0.05) is 0 Å². The first kappa shape index (κ1) is 15.1.